The fourth-order valence-electron chi connectivity index (χ4n) is 8.60. The summed E-state index contributed by atoms with van der Waals surface area (Å²) in [6, 6.07) is 18.6. The Balaban J connectivity index is 1.10. The SMILES string of the molecule is Cc1ccc(OC(=O)N2CCN(C(=O)[C@@H](CCCCN(C)C)NC3CCC4(CC3)CCN(Cc3ccccc3)C4)[C@H](CNCc3cccs3)C2)c(Cl)c1C. The molecule has 9 nitrogen and oxygen atoms in total. The van der Waals surface area contributed by atoms with Gasteiger partial charge in [-0.1, -0.05) is 60.5 Å². The Morgan fingerprint density at radius 1 is 1.00 bits per heavy atom. The molecular weight excluding hydrogens is 716 g/mol. The summed E-state index contributed by atoms with van der Waals surface area (Å²) in [5, 5.41) is 10.1. The number of benzene rings is 2. The summed E-state index contributed by atoms with van der Waals surface area (Å²) in [6.07, 6.45) is 8.30. The van der Waals surface area contributed by atoms with Gasteiger partial charge in [0, 0.05) is 56.7 Å². The third-order valence-corrected chi connectivity index (χ3v) is 13.3. The minimum atomic E-state index is -0.431. The van der Waals surface area contributed by atoms with E-state index in [0.717, 1.165) is 62.9 Å². The van der Waals surface area contributed by atoms with Crippen LogP contribution in [0.3, 0.4) is 0 Å². The molecule has 0 unspecified atom stereocenters. The number of hydrogen-bond donors (Lipinski definition) is 2. The van der Waals surface area contributed by atoms with Crippen molar-refractivity contribution < 1.29 is 14.3 Å². The number of amides is 2. The molecule has 1 saturated carbocycles. The van der Waals surface area contributed by atoms with Crippen LogP contribution in [0.25, 0.3) is 0 Å². The third-order valence-electron chi connectivity index (χ3n) is 12.0. The zero-order valence-electron chi connectivity index (χ0n) is 32.8. The van der Waals surface area contributed by atoms with E-state index < -0.39 is 6.09 Å². The lowest BCUT2D eigenvalue weighted by Gasteiger charge is -2.43. The summed E-state index contributed by atoms with van der Waals surface area (Å²) < 4.78 is 5.85. The van der Waals surface area contributed by atoms with E-state index in [9.17, 15) is 9.59 Å². The molecule has 3 aliphatic rings. The highest BCUT2D eigenvalue weighted by Crippen LogP contribution is 2.44. The molecule has 294 valence electrons. The lowest BCUT2D eigenvalue weighted by Crippen LogP contribution is -2.63. The van der Waals surface area contributed by atoms with Gasteiger partial charge in [0.15, 0.2) is 5.75 Å². The number of nitrogens with zero attached hydrogens (tertiary/aromatic N) is 4. The molecule has 54 heavy (non-hydrogen) atoms. The number of carbonyl (C=O) groups is 2. The van der Waals surface area contributed by atoms with Crippen LogP contribution in [0.5, 0.6) is 5.75 Å². The Kier molecular flexibility index (Phi) is 14.5. The van der Waals surface area contributed by atoms with Gasteiger partial charge in [0.05, 0.1) is 17.1 Å². The van der Waals surface area contributed by atoms with Crippen molar-refractivity contribution in [2.45, 2.75) is 96.4 Å². The summed E-state index contributed by atoms with van der Waals surface area (Å²) in [5.74, 6) is 0.525. The monoisotopic (exact) mass is 776 g/mol. The molecule has 2 atom stereocenters. The largest absolute Gasteiger partial charge is 0.415 e. The number of hydrogen-bond acceptors (Lipinski definition) is 8. The second kappa shape index (κ2) is 19.2. The molecule has 2 aliphatic heterocycles. The fourth-order valence-corrected chi connectivity index (χ4v) is 9.53. The van der Waals surface area contributed by atoms with Crippen molar-refractivity contribution in [3.05, 3.63) is 86.6 Å². The summed E-state index contributed by atoms with van der Waals surface area (Å²) in [4.78, 5) is 38.1. The van der Waals surface area contributed by atoms with Gasteiger partial charge < -0.3 is 30.1 Å². The van der Waals surface area contributed by atoms with Crippen LogP contribution in [0.15, 0.2) is 60.0 Å². The van der Waals surface area contributed by atoms with Crippen molar-refractivity contribution in [2.24, 2.45) is 5.41 Å². The number of unbranched alkanes of at least 4 members (excludes halogenated alkanes) is 1. The van der Waals surface area contributed by atoms with Crippen molar-refractivity contribution in [3.8, 4) is 5.75 Å². The van der Waals surface area contributed by atoms with E-state index in [1.165, 1.54) is 42.8 Å². The van der Waals surface area contributed by atoms with Gasteiger partial charge >= 0.3 is 6.09 Å². The maximum atomic E-state index is 14.7. The van der Waals surface area contributed by atoms with Crippen LogP contribution in [0.1, 0.15) is 72.9 Å². The number of likely N-dealkylation sites (tertiary alicyclic amines) is 1. The minimum absolute atomic E-state index is 0.156. The quantitative estimate of drug-likeness (QED) is 0.157. The molecule has 1 aliphatic carbocycles. The Morgan fingerprint density at radius 2 is 1.80 bits per heavy atom. The van der Waals surface area contributed by atoms with Crippen LogP contribution in [-0.2, 0) is 17.9 Å². The first kappa shape index (κ1) is 40.7. The molecule has 0 bridgehead atoms. The van der Waals surface area contributed by atoms with Gasteiger partial charge in [0.25, 0.3) is 0 Å². The number of piperazine rings is 1. The molecule has 11 heteroatoms. The molecule has 2 amide bonds. The van der Waals surface area contributed by atoms with Crippen molar-refractivity contribution in [2.75, 3.05) is 59.9 Å². The first-order valence-corrected chi connectivity index (χ1v) is 21.3. The molecule has 2 N–H and O–H groups in total. The summed E-state index contributed by atoms with van der Waals surface area (Å²) in [6.45, 7) is 10.9. The van der Waals surface area contributed by atoms with Crippen molar-refractivity contribution in [1.82, 2.24) is 30.2 Å². The maximum Gasteiger partial charge on any atom is 0.415 e. The van der Waals surface area contributed by atoms with Crippen LogP contribution < -0.4 is 15.4 Å². The van der Waals surface area contributed by atoms with E-state index in [2.05, 4.69) is 82.4 Å². The highest BCUT2D eigenvalue weighted by molar-refractivity contribution is 7.09. The number of aryl methyl sites for hydroxylation is 1. The number of thiophene rings is 1. The maximum absolute atomic E-state index is 14.7. The number of halogens is 1. The van der Waals surface area contributed by atoms with E-state index in [-0.39, 0.29) is 18.0 Å². The minimum Gasteiger partial charge on any atom is -0.409 e. The Labute approximate surface area is 332 Å². The number of ether oxygens (including phenoxy) is 1. The van der Waals surface area contributed by atoms with Crippen molar-refractivity contribution >= 4 is 34.9 Å². The van der Waals surface area contributed by atoms with E-state index in [1.807, 2.05) is 24.8 Å². The average Bonchev–Trinajstić information content (AvgIpc) is 3.84. The van der Waals surface area contributed by atoms with Crippen LogP contribution >= 0.6 is 22.9 Å². The highest BCUT2D eigenvalue weighted by Gasteiger charge is 2.42. The van der Waals surface area contributed by atoms with E-state index in [1.54, 1.807) is 22.3 Å². The average molecular weight is 778 g/mol. The lowest BCUT2D eigenvalue weighted by molar-refractivity contribution is -0.138. The molecule has 0 radical (unpaired) electrons. The summed E-state index contributed by atoms with van der Waals surface area (Å²) in [7, 11) is 4.21. The van der Waals surface area contributed by atoms with E-state index in [4.69, 9.17) is 16.3 Å². The number of carbonyl (C=O) groups excluding carboxylic acids is 2. The standard InChI is InChI=1S/C43H61ClN6O3S/c1-32-15-16-39(40(44)33(32)2)53-42(52)49-24-25-50(36(30-49)27-45-28-37-13-10-26-54-37)41(51)38(14-8-9-22-47(3)4)46-35-17-19-43(20-18-35)21-23-48(31-43)29-34-11-6-5-7-12-34/h5-7,10-13,15-16,26,35-36,38,45-46H,8-9,14,17-25,27-31H2,1-4H3/t35?,36-,38-,43?/m1/s1. The van der Waals surface area contributed by atoms with Crippen LogP contribution in [0.4, 0.5) is 4.79 Å². The van der Waals surface area contributed by atoms with Crippen LogP contribution in [0.2, 0.25) is 5.02 Å². The summed E-state index contributed by atoms with van der Waals surface area (Å²) in [5.41, 5.74) is 3.73. The Hall–Kier alpha value is -2.99. The molecule has 6 rings (SSSR count). The zero-order chi connectivity index (χ0) is 38.1. The molecule has 2 aromatic carbocycles. The van der Waals surface area contributed by atoms with Gasteiger partial charge in [-0.05, 0) is 126 Å². The molecule has 1 aromatic heterocycles. The second-order valence-electron chi connectivity index (χ2n) is 16.3. The fraction of sp³-hybridized carbons (Fsp3) is 0.581. The molecule has 3 aromatic rings. The highest BCUT2D eigenvalue weighted by atomic mass is 35.5. The molecule has 1 spiro atoms. The number of nitrogens with one attached hydrogen (secondary N) is 2. The lowest BCUT2D eigenvalue weighted by atomic mass is 9.72. The van der Waals surface area contributed by atoms with Crippen LogP contribution in [0, 0.1) is 19.3 Å². The van der Waals surface area contributed by atoms with E-state index in [0.29, 0.717) is 48.4 Å². The van der Waals surface area contributed by atoms with Gasteiger partial charge in [0.2, 0.25) is 5.91 Å². The predicted octanol–water partition coefficient (Wildman–Crippen LogP) is 7.34. The smallest absolute Gasteiger partial charge is 0.409 e. The Bertz CT molecular complexity index is 1650. The zero-order valence-corrected chi connectivity index (χ0v) is 34.4. The van der Waals surface area contributed by atoms with Gasteiger partial charge in [-0.15, -0.1) is 11.3 Å². The first-order chi connectivity index (χ1) is 26.1. The normalized spacial score (nSPS) is 22.6. The third kappa shape index (κ3) is 10.9. The van der Waals surface area contributed by atoms with Crippen molar-refractivity contribution in [1.29, 1.82) is 0 Å². The first-order valence-electron chi connectivity index (χ1n) is 20.0. The van der Waals surface area contributed by atoms with Gasteiger partial charge in [0.1, 0.15) is 0 Å². The second-order valence-corrected chi connectivity index (χ2v) is 17.7. The summed E-state index contributed by atoms with van der Waals surface area (Å²) >= 11 is 8.29. The molecular formula is C43H61ClN6O3S. The van der Waals surface area contributed by atoms with Gasteiger partial charge in [-0.2, -0.15) is 0 Å². The van der Waals surface area contributed by atoms with Crippen LogP contribution in [-0.4, -0.2) is 110 Å². The van der Waals surface area contributed by atoms with Crippen molar-refractivity contribution in [3.63, 3.8) is 0 Å². The molecule has 3 heterocycles. The predicted molar refractivity (Wildman–Crippen MR) is 220 cm³/mol. The molecule has 2 saturated heterocycles. The molecule has 3 fully saturated rings. The van der Waals surface area contributed by atoms with E-state index >= 15 is 0 Å². The Morgan fingerprint density at radius 3 is 2.54 bits per heavy atom. The number of rotatable bonds is 15. The van der Waals surface area contributed by atoms with Gasteiger partial charge in [-0.25, -0.2) is 4.79 Å². The topological polar surface area (TPSA) is 80.4 Å². The van der Waals surface area contributed by atoms with Gasteiger partial charge in [-0.3, -0.25) is 9.69 Å².